The molecular formula is C44H56N4O6. The Balaban J connectivity index is 1.29. The number of methoxy groups -OCH3 is 2. The molecule has 3 fully saturated rings. The number of carbonyl (C=O) groups excluding carboxylic acids is 2. The van der Waals surface area contributed by atoms with Crippen molar-refractivity contribution in [2.24, 2.45) is 17.3 Å². The second kappa shape index (κ2) is 12.8. The van der Waals surface area contributed by atoms with Crippen LogP contribution in [0.4, 0.5) is 5.69 Å². The van der Waals surface area contributed by atoms with Gasteiger partial charge in [-0.2, -0.15) is 0 Å². The molecule has 2 unspecified atom stereocenters. The van der Waals surface area contributed by atoms with Crippen LogP contribution in [0.25, 0.3) is 10.9 Å². The Hall–Kier alpha value is -3.86. The summed E-state index contributed by atoms with van der Waals surface area (Å²) in [4.78, 5) is 38.4. The van der Waals surface area contributed by atoms with Gasteiger partial charge >= 0.3 is 11.9 Å². The highest BCUT2D eigenvalue weighted by Gasteiger charge is 2.80. The highest BCUT2D eigenvalue weighted by atomic mass is 16.6. The largest absolute Gasteiger partial charge is 0.496 e. The van der Waals surface area contributed by atoms with Gasteiger partial charge in [-0.05, 0) is 73.7 Å². The van der Waals surface area contributed by atoms with E-state index in [4.69, 9.17) is 14.2 Å². The zero-order valence-electron chi connectivity index (χ0n) is 32.7. The normalized spacial score (nSPS) is 36.6. The number of carbonyl (C=O) groups is 2. The summed E-state index contributed by atoms with van der Waals surface area (Å²) >= 11 is 0. The maximum Gasteiger partial charge on any atom is 0.344 e. The zero-order chi connectivity index (χ0) is 37.7. The van der Waals surface area contributed by atoms with Crippen LogP contribution in [0.3, 0.4) is 0 Å². The number of rotatable bonds is 6. The van der Waals surface area contributed by atoms with Gasteiger partial charge in [0.15, 0.2) is 6.10 Å². The molecule has 3 aromatic rings. The van der Waals surface area contributed by atoms with E-state index >= 15 is 0 Å². The van der Waals surface area contributed by atoms with Gasteiger partial charge < -0.3 is 34.1 Å². The zero-order valence-corrected chi connectivity index (χ0v) is 32.7. The number of H-pyrrole nitrogens is 1. The minimum Gasteiger partial charge on any atom is -0.496 e. The van der Waals surface area contributed by atoms with Crippen LogP contribution in [-0.4, -0.2) is 110 Å². The average Bonchev–Trinajstić information content (AvgIpc) is 3.84. The molecule has 2 N–H and O–H groups in total. The predicted molar refractivity (Wildman–Crippen MR) is 208 cm³/mol. The van der Waals surface area contributed by atoms with E-state index in [1.807, 2.05) is 7.05 Å². The number of anilines is 1. The summed E-state index contributed by atoms with van der Waals surface area (Å²) in [5, 5.41) is 14.5. The Labute approximate surface area is 318 Å². The quantitative estimate of drug-likeness (QED) is 0.249. The number of ether oxygens (including phenoxy) is 3. The fourth-order valence-corrected chi connectivity index (χ4v) is 12.9. The summed E-state index contributed by atoms with van der Waals surface area (Å²) < 4.78 is 18.0. The molecule has 54 heavy (non-hydrogen) atoms. The second-order valence-electron chi connectivity index (χ2n) is 17.2. The minimum atomic E-state index is -2.16. The lowest BCUT2D eigenvalue weighted by Gasteiger charge is -2.63. The van der Waals surface area contributed by atoms with Crippen molar-refractivity contribution in [1.82, 2.24) is 14.8 Å². The molecule has 6 aliphatic rings. The number of nitrogens with zero attached hydrogens (tertiary/aromatic N) is 3. The van der Waals surface area contributed by atoms with Gasteiger partial charge in [0.05, 0.1) is 20.3 Å². The van der Waals surface area contributed by atoms with Crippen LogP contribution in [0.15, 0.2) is 48.6 Å². The summed E-state index contributed by atoms with van der Waals surface area (Å²) in [7, 11) is 5.04. The Morgan fingerprint density at radius 1 is 1.06 bits per heavy atom. The van der Waals surface area contributed by atoms with Gasteiger partial charge in [0.1, 0.15) is 5.75 Å². The standard InChI is InChI=1S/C44H56N4O6/c1-7-27-20-28-21-32(37-30(14-18-47(24-27)25-28)29-12-9-10-13-34(29)45-37)31-22-33-35(23-36(31)52-5)46(4)39-43(33)16-19-48-17-11-15-42(8-2,38(43)48)40(54-26(3)49)44(39,51)41(50)53-6/h9-13,15,22-23,27-28,32,38-40,45,51H,7-8,14,16-21,24-25H2,1-6H3/t27?,28-,32-,38+,39-,40-,42-,43-,44+/m1/s1. The molecule has 0 radical (unpaired) electrons. The van der Waals surface area contributed by atoms with Crippen LogP contribution in [0.5, 0.6) is 5.75 Å². The van der Waals surface area contributed by atoms with Crippen LogP contribution in [0.2, 0.25) is 0 Å². The van der Waals surface area contributed by atoms with Gasteiger partial charge in [-0.3, -0.25) is 9.69 Å². The lowest BCUT2D eigenvalue weighted by Crippen LogP contribution is -2.81. The van der Waals surface area contributed by atoms with Gasteiger partial charge in [0, 0.05) is 96.9 Å². The van der Waals surface area contributed by atoms with Gasteiger partial charge in [-0.15, -0.1) is 0 Å². The number of hydrogen-bond acceptors (Lipinski definition) is 9. The van der Waals surface area contributed by atoms with E-state index in [0.29, 0.717) is 18.3 Å². The van der Waals surface area contributed by atoms with Gasteiger partial charge in [0.25, 0.3) is 0 Å². The van der Waals surface area contributed by atoms with Crippen LogP contribution >= 0.6 is 0 Å². The molecule has 10 atom stereocenters. The third kappa shape index (κ3) is 4.75. The van der Waals surface area contributed by atoms with Crippen molar-refractivity contribution in [1.29, 1.82) is 0 Å². The maximum absolute atomic E-state index is 14.3. The van der Waals surface area contributed by atoms with Crippen molar-refractivity contribution in [2.75, 3.05) is 58.9 Å². The number of esters is 2. The number of piperidine rings is 1. The third-order valence-corrected chi connectivity index (χ3v) is 14.9. The fraction of sp³-hybridized carbons (Fsp3) is 0.591. The summed E-state index contributed by atoms with van der Waals surface area (Å²) in [6.45, 7) is 10.6. The average molecular weight is 737 g/mol. The Morgan fingerprint density at radius 3 is 2.61 bits per heavy atom. The first-order valence-corrected chi connectivity index (χ1v) is 20.2. The fourth-order valence-electron chi connectivity index (χ4n) is 12.9. The first-order chi connectivity index (χ1) is 26.0. The molecule has 10 nitrogen and oxygen atoms in total. The van der Waals surface area contributed by atoms with Crippen molar-refractivity contribution < 1.29 is 28.9 Å². The SMILES string of the molecule is CCC1C[C@@H]2C[C@H](c3cc4c(cc3OC)N(C)[C@H]3[C@@](O)(C(=O)OC)[C@H](OC(C)=O)[C@]5(CC)C=CCN6CC[C@]43[C@@H]65)c3[nH]c4ccccc4c3CCN(C1)C2. The van der Waals surface area contributed by atoms with E-state index in [1.54, 1.807) is 7.11 Å². The summed E-state index contributed by atoms with van der Waals surface area (Å²) in [5.74, 6) is 0.754. The molecule has 5 aliphatic heterocycles. The summed E-state index contributed by atoms with van der Waals surface area (Å²) in [6.07, 6.45) is 8.78. The Kier molecular flexibility index (Phi) is 8.52. The van der Waals surface area contributed by atoms with Crippen LogP contribution in [0, 0.1) is 17.3 Å². The number of aromatic amines is 1. The second-order valence-corrected chi connectivity index (χ2v) is 17.2. The van der Waals surface area contributed by atoms with Gasteiger partial charge in [-0.1, -0.05) is 50.6 Å². The number of hydrogen-bond donors (Lipinski definition) is 2. The van der Waals surface area contributed by atoms with E-state index in [-0.39, 0.29) is 12.0 Å². The van der Waals surface area contributed by atoms with Crippen molar-refractivity contribution in [3.05, 3.63) is 70.9 Å². The molecule has 1 aliphatic carbocycles. The van der Waals surface area contributed by atoms with Crippen molar-refractivity contribution in [3.8, 4) is 5.75 Å². The molecule has 1 aromatic heterocycles. The monoisotopic (exact) mass is 736 g/mol. The van der Waals surface area contributed by atoms with E-state index in [1.165, 1.54) is 49.0 Å². The smallest absolute Gasteiger partial charge is 0.344 e. The van der Waals surface area contributed by atoms with Crippen LogP contribution in [-0.2, 0) is 30.9 Å². The van der Waals surface area contributed by atoms with E-state index < -0.39 is 40.5 Å². The topological polar surface area (TPSA) is 108 Å². The number of fused-ring (bicyclic) bond motifs is 6. The van der Waals surface area contributed by atoms with E-state index in [0.717, 1.165) is 74.6 Å². The predicted octanol–water partition coefficient (Wildman–Crippen LogP) is 5.55. The molecule has 1 saturated carbocycles. The number of nitrogens with one attached hydrogen (secondary N) is 1. The highest BCUT2D eigenvalue weighted by molar-refractivity contribution is 5.88. The van der Waals surface area contributed by atoms with E-state index in [2.05, 4.69) is 82.1 Å². The molecule has 2 aromatic carbocycles. The van der Waals surface area contributed by atoms with Crippen molar-refractivity contribution in [3.63, 3.8) is 0 Å². The van der Waals surface area contributed by atoms with Gasteiger partial charge in [-0.25, -0.2) is 4.79 Å². The lowest BCUT2D eigenvalue weighted by atomic mass is 9.47. The minimum absolute atomic E-state index is 0.0468. The highest BCUT2D eigenvalue weighted by Crippen LogP contribution is 2.68. The van der Waals surface area contributed by atoms with E-state index in [9.17, 15) is 14.7 Å². The molecule has 1 spiro atoms. The summed E-state index contributed by atoms with van der Waals surface area (Å²) in [5.41, 5.74) is 3.37. The van der Waals surface area contributed by atoms with Crippen molar-refractivity contribution in [2.45, 2.75) is 94.4 Å². The molecule has 0 amide bonds. The van der Waals surface area contributed by atoms with Crippen molar-refractivity contribution >= 4 is 28.5 Å². The number of aromatic nitrogens is 1. The number of para-hydroxylation sites is 1. The molecule has 2 bridgehead atoms. The lowest BCUT2D eigenvalue weighted by molar-refractivity contribution is -0.228. The van der Waals surface area contributed by atoms with Crippen LogP contribution in [0.1, 0.15) is 81.2 Å². The molecule has 6 heterocycles. The molecule has 9 rings (SSSR count). The summed E-state index contributed by atoms with van der Waals surface area (Å²) in [6, 6.07) is 12.4. The number of aliphatic hydroxyl groups is 1. The first-order valence-electron chi connectivity index (χ1n) is 20.2. The molecule has 288 valence electrons. The maximum atomic E-state index is 14.3. The third-order valence-electron chi connectivity index (χ3n) is 14.9. The molecule has 2 saturated heterocycles. The molecular weight excluding hydrogens is 681 g/mol. The Morgan fingerprint density at radius 2 is 1.87 bits per heavy atom. The molecule has 10 heteroatoms. The number of benzene rings is 2. The first kappa shape index (κ1) is 35.8. The number of likely N-dealkylation sites (N-methyl/N-ethyl adjacent to an activating group) is 1. The van der Waals surface area contributed by atoms with Gasteiger partial charge in [0.2, 0.25) is 5.60 Å². The van der Waals surface area contributed by atoms with Crippen LogP contribution < -0.4 is 9.64 Å². The Bertz CT molecular complexity index is 2030.